The minimum absolute atomic E-state index is 0.0590. The monoisotopic (exact) mass is 254 g/mol. The predicted octanol–water partition coefficient (Wildman–Crippen LogP) is 1.86. The van der Waals surface area contributed by atoms with Gasteiger partial charge in [0.05, 0.1) is 19.3 Å². The van der Waals surface area contributed by atoms with Gasteiger partial charge in [0.1, 0.15) is 0 Å². The third-order valence-corrected chi connectivity index (χ3v) is 5.96. The molecule has 0 aromatic heterocycles. The summed E-state index contributed by atoms with van der Waals surface area (Å²) in [6.45, 7) is 4.42. The van der Waals surface area contributed by atoms with Gasteiger partial charge >= 0.3 is 0 Å². The van der Waals surface area contributed by atoms with Crippen LogP contribution < -0.4 is 0 Å². The van der Waals surface area contributed by atoms with Crippen molar-refractivity contribution in [1.29, 1.82) is 0 Å². The van der Waals surface area contributed by atoms with Crippen LogP contribution in [0.1, 0.15) is 46.0 Å². The van der Waals surface area contributed by atoms with Gasteiger partial charge in [0.15, 0.2) is 0 Å². The highest BCUT2D eigenvalue weighted by Crippen LogP contribution is 2.67. The minimum Gasteiger partial charge on any atom is -0.393 e. The van der Waals surface area contributed by atoms with Crippen molar-refractivity contribution >= 4 is 0 Å². The summed E-state index contributed by atoms with van der Waals surface area (Å²) in [6, 6.07) is 0. The molecule has 3 N–H and O–H groups in total. The second-order valence-corrected chi connectivity index (χ2v) is 6.54. The van der Waals surface area contributed by atoms with E-state index in [0.29, 0.717) is 11.5 Å². The van der Waals surface area contributed by atoms with Gasteiger partial charge in [-0.25, -0.2) is 0 Å². The molecule has 0 spiro atoms. The number of rotatable bonds is 5. The van der Waals surface area contributed by atoms with Crippen molar-refractivity contribution in [2.45, 2.75) is 52.1 Å². The zero-order valence-corrected chi connectivity index (χ0v) is 11.5. The normalized spacial score (nSPS) is 42.3. The van der Waals surface area contributed by atoms with Gasteiger partial charge in [0.25, 0.3) is 0 Å². The van der Waals surface area contributed by atoms with Gasteiger partial charge < -0.3 is 15.3 Å². The van der Waals surface area contributed by atoms with E-state index in [-0.39, 0.29) is 30.1 Å². The van der Waals surface area contributed by atoms with Crippen molar-refractivity contribution in [3.05, 3.63) is 11.6 Å². The first-order valence-corrected chi connectivity index (χ1v) is 7.05. The van der Waals surface area contributed by atoms with E-state index in [1.54, 1.807) is 0 Å². The van der Waals surface area contributed by atoms with Gasteiger partial charge in [-0.05, 0) is 54.4 Å². The molecule has 0 saturated heterocycles. The zero-order chi connectivity index (χ0) is 13.4. The lowest BCUT2D eigenvalue weighted by Gasteiger charge is -2.40. The largest absolute Gasteiger partial charge is 0.393 e. The lowest BCUT2D eigenvalue weighted by atomic mass is 9.66. The fourth-order valence-electron chi connectivity index (χ4n) is 4.24. The quantitative estimate of drug-likeness (QED) is 0.656. The Labute approximate surface area is 110 Å². The molecule has 18 heavy (non-hydrogen) atoms. The van der Waals surface area contributed by atoms with Gasteiger partial charge in [-0.3, -0.25) is 0 Å². The highest BCUT2D eigenvalue weighted by Gasteiger charge is 2.62. The molecule has 4 atom stereocenters. The Morgan fingerprint density at radius 3 is 2.39 bits per heavy atom. The van der Waals surface area contributed by atoms with E-state index in [9.17, 15) is 5.11 Å². The van der Waals surface area contributed by atoms with Crippen molar-refractivity contribution in [3.8, 4) is 0 Å². The van der Waals surface area contributed by atoms with Crippen molar-refractivity contribution < 1.29 is 15.3 Å². The van der Waals surface area contributed by atoms with Crippen LogP contribution in [0.4, 0.5) is 0 Å². The van der Waals surface area contributed by atoms with Crippen LogP contribution in [0, 0.1) is 16.7 Å². The Morgan fingerprint density at radius 1 is 1.28 bits per heavy atom. The molecular weight excluding hydrogens is 228 g/mol. The number of aliphatic hydroxyl groups excluding tert-OH is 3. The highest BCUT2D eigenvalue weighted by atomic mass is 16.3. The summed E-state index contributed by atoms with van der Waals surface area (Å²) in [5.74, 6) is 0.637. The number of fused-ring (bicyclic) bond motifs is 2. The summed E-state index contributed by atoms with van der Waals surface area (Å²) in [4.78, 5) is 0. The maximum atomic E-state index is 10.2. The van der Waals surface area contributed by atoms with E-state index < -0.39 is 0 Å². The summed E-state index contributed by atoms with van der Waals surface area (Å²) in [7, 11) is 0. The summed E-state index contributed by atoms with van der Waals surface area (Å²) in [5.41, 5.74) is 0.970. The van der Waals surface area contributed by atoms with Crippen LogP contribution in [-0.2, 0) is 0 Å². The molecule has 0 aromatic rings. The molecule has 3 nitrogen and oxygen atoms in total. The number of hydrogen-bond donors (Lipinski definition) is 3. The maximum absolute atomic E-state index is 10.2. The molecule has 2 aliphatic rings. The van der Waals surface area contributed by atoms with Crippen molar-refractivity contribution in [3.63, 3.8) is 0 Å². The zero-order valence-electron chi connectivity index (χ0n) is 11.5. The van der Waals surface area contributed by atoms with Crippen LogP contribution in [0.5, 0.6) is 0 Å². The fourth-order valence-corrected chi connectivity index (χ4v) is 4.24. The lowest BCUT2D eigenvalue weighted by molar-refractivity contribution is 0.00197. The van der Waals surface area contributed by atoms with Gasteiger partial charge in [-0.2, -0.15) is 0 Å². The summed E-state index contributed by atoms with van der Waals surface area (Å²) in [5, 5.41) is 28.3. The van der Waals surface area contributed by atoms with E-state index in [1.807, 2.05) is 6.08 Å². The van der Waals surface area contributed by atoms with Crippen molar-refractivity contribution in [2.75, 3.05) is 13.2 Å². The molecule has 0 heterocycles. The molecule has 2 fully saturated rings. The van der Waals surface area contributed by atoms with Crippen LogP contribution in [0.25, 0.3) is 0 Å². The van der Waals surface area contributed by atoms with E-state index in [1.165, 1.54) is 6.42 Å². The average molecular weight is 254 g/mol. The van der Waals surface area contributed by atoms with Gasteiger partial charge in [0, 0.05) is 0 Å². The molecule has 0 aromatic carbocycles. The van der Waals surface area contributed by atoms with E-state index in [2.05, 4.69) is 13.8 Å². The average Bonchev–Trinajstić information content (AvgIpc) is 2.70. The summed E-state index contributed by atoms with van der Waals surface area (Å²) >= 11 is 0. The van der Waals surface area contributed by atoms with Crippen molar-refractivity contribution in [1.82, 2.24) is 0 Å². The fraction of sp³-hybridized carbons (Fsp3) is 0.867. The first-order chi connectivity index (χ1) is 8.48. The molecule has 104 valence electrons. The molecule has 2 rings (SSSR count). The third-order valence-electron chi connectivity index (χ3n) is 5.96. The second-order valence-electron chi connectivity index (χ2n) is 6.54. The SMILES string of the molecule is CC12CCC(CC1O)C2(C)CCC=C(CO)CO. The van der Waals surface area contributed by atoms with Crippen LogP contribution >= 0.6 is 0 Å². The molecule has 0 aliphatic heterocycles. The van der Waals surface area contributed by atoms with Crippen LogP contribution in [0.3, 0.4) is 0 Å². The number of allylic oxidation sites excluding steroid dienone is 1. The van der Waals surface area contributed by atoms with E-state index in [4.69, 9.17) is 10.2 Å². The smallest absolute Gasteiger partial charge is 0.0663 e. The first kappa shape index (κ1) is 14.0. The summed E-state index contributed by atoms with van der Waals surface area (Å²) in [6.07, 6.45) is 7.04. The second kappa shape index (κ2) is 4.95. The standard InChI is InChI=1S/C15H26O3/c1-14(6-3-4-11(9-16)10-17)12-5-7-15(14,2)13(18)8-12/h4,12-13,16-18H,3,5-10H2,1-2H3. The Kier molecular flexibility index (Phi) is 3.86. The maximum Gasteiger partial charge on any atom is 0.0663 e. The van der Waals surface area contributed by atoms with Gasteiger partial charge in [-0.15, -0.1) is 0 Å². The predicted molar refractivity (Wildman–Crippen MR) is 71.1 cm³/mol. The van der Waals surface area contributed by atoms with Crippen LogP contribution in [0.15, 0.2) is 11.6 Å². The Hall–Kier alpha value is -0.380. The Balaban J connectivity index is 2.03. The highest BCUT2D eigenvalue weighted by molar-refractivity contribution is 5.13. The van der Waals surface area contributed by atoms with Gasteiger partial charge in [-0.1, -0.05) is 19.9 Å². The lowest BCUT2D eigenvalue weighted by Crippen LogP contribution is -2.37. The van der Waals surface area contributed by atoms with Crippen LogP contribution in [0.2, 0.25) is 0 Å². The van der Waals surface area contributed by atoms with E-state index in [0.717, 1.165) is 25.7 Å². The first-order valence-electron chi connectivity index (χ1n) is 7.05. The molecule has 0 radical (unpaired) electrons. The molecule has 2 bridgehead atoms. The Bertz CT molecular complexity index is 333. The molecule has 4 unspecified atom stereocenters. The molecule has 2 aliphatic carbocycles. The third kappa shape index (κ3) is 1.93. The topological polar surface area (TPSA) is 60.7 Å². The molecule has 3 heteroatoms. The molecule has 2 saturated carbocycles. The molecule has 0 amide bonds. The summed E-state index contributed by atoms with van der Waals surface area (Å²) < 4.78 is 0. The minimum atomic E-state index is -0.152. The molecular formula is C15H26O3. The van der Waals surface area contributed by atoms with E-state index >= 15 is 0 Å². The Morgan fingerprint density at radius 2 is 1.94 bits per heavy atom. The van der Waals surface area contributed by atoms with Gasteiger partial charge in [0.2, 0.25) is 0 Å². The number of hydrogen-bond acceptors (Lipinski definition) is 3. The van der Waals surface area contributed by atoms with Crippen molar-refractivity contribution in [2.24, 2.45) is 16.7 Å². The van der Waals surface area contributed by atoms with Crippen LogP contribution in [-0.4, -0.2) is 34.6 Å². The number of aliphatic hydroxyl groups is 3.